The second-order valence-corrected chi connectivity index (χ2v) is 7.36. The van der Waals surface area contributed by atoms with E-state index in [1.807, 2.05) is 73.3 Å². The Morgan fingerprint density at radius 1 is 1.11 bits per heavy atom. The number of H-pyrrole nitrogens is 1. The van der Waals surface area contributed by atoms with E-state index in [0.29, 0.717) is 5.11 Å². The Morgan fingerprint density at radius 3 is 2.56 bits per heavy atom. The summed E-state index contributed by atoms with van der Waals surface area (Å²) in [6.07, 6.45) is 1.73. The summed E-state index contributed by atoms with van der Waals surface area (Å²) in [5.74, 6) is 3.46. The Balaban J connectivity index is 1.36. The van der Waals surface area contributed by atoms with Crippen LogP contribution < -0.4 is 15.4 Å². The van der Waals surface area contributed by atoms with Gasteiger partial charge in [-0.15, -0.1) is 0 Å². The zero-order chi connectivity index (χ0) is 18.9. The van der Waals surface area contributed by atoms with Crippen LogP contribution in [0, 0.1) is 6.92 Å². The van der Waals surface area contributed by atoms with Crippen LogP contribution in [0.1, 0.15) is 11.4 Å². The van der Waals surface area contributed by atoms with E-state index >= 15 is 0 Å². The van der Waals surface area contributed by atoms with E-state index in [2.05, 4.69) is 20.6 Å². The topological polar surface area (TPSA) is 62.0 Å². The molecule has 0 fully saturated rings. The van der Waals surface area contributed by atoms with Crippen molar-refractivity contribution in [2.24, 2.45) is 0 Å². The minimum atomic E-state index is 0.614. The van der Waals surface area contributed by atoms with Gasteiger partial charge < -0.3 is 20.4 Å². The molecule has 0 aliphatic heterocycles. The molecular weight excluding hydrogens is 376 g/mol. The molecule has 1 heterocycles. The summed E-state index contributed by atoms with van der Waals surface area (Å²) in [4.78, 5) is 7.39. The molecule has 140 valence electrons. The number of ether oxygens (including phenoxy) is 1. The van der Waals surface area contributed by atoms with Crippen LogP contribution in [-0.2, 0) is 5.75 Å². The van der Waals surface area contributed by atoms with Gasteiger partial charge in [0.15, 0.2) is 5.11 Å². The summed E-state index contributed by atoms with van der Waals surface area (Å²) < 4.78 is 5.78. The SMILES string of the molecule is Cc1[nH]cnc1CSCCNC(=S)Nc1ccc(Oc2ccccc2)cc1. The van der Waals surface area contributed by atoms with Gasteiger partial charge in [-0.3, -0.25) is 0 Å². The predicted octanol–water partition coefficient (Wildman–Crippen LogP) is 4.73. The van der Waals surface area contributed by atoms with Gasteiger partial charge in [0.05, 0.1) is 12.0 Å². The van der Waals surface area contributed by atoms with Gasteiger partial charge in [-0.25, -0.2) is 4.98 Å². The normalized spacial score (nSPS) is 10.4. The standard InChI is InChI=1S/C20H22N4OS2/c1-15-19(23-14-22-15)13-27-12-11-21-20(26)24-16-7-9-18(10-8-16)25-17-5-3-2-4-6-17/h2-10,14H,11-13H2,1H3,(H,22,23)(H2,21,24,26). The number of imidazole rings is 1. The number of aryl methyl sites for hydroxylation is 1. The molecule has 0 unspecified atom stereocenters. The van der Waals surface area contributed by atoms with Gasteiger partial charge in [0.1, 0.15) is 11.5 Å². The van der Waals surface area contributed by atoms with Gasteiger partial charge in [0.25, 0.3) is 0 Å². The molecule has 0 aliphatic rings. The first-order chi connectivity index (χ1) is 13.2. The maximum atomic E-state index is 5.78. The van der Waals surface area contributed by atoms with Crippen LogP contribution in [-0.4, -0.2) is 27.4 Å². The second-order valence-electron chi connectivity index (χ2n) is 5.85. The lowest BCUT2D eigenvalue weighted by Gasteiger charge is -2.11. The van der Waals surface area contributed by atoms with Crippen molar-refractivity contribution >= 4 is 34.8 Å². The first-order valence-corrected chi connectivity index (χ1v) is 10.2. The number of para-hydroxylation sites is 1. The quantitative estimate of drug-likeness (QED) is 0.377. The minimum Gasteiger partial charge on any atom is -0.457 e. The number of anilines is 1. The predicted molar refractivity (Wildman–Crippen MR) is 117 cm³/mol. The van der Waals surface area contributed by atoms with Crippen LogP contribution >= 0.6 is 24.0 Å². The molecule has 0 bridgehead atoms. The van der Waals surface area contributed by atoms with Gasteiger partial charge in [-0.05, 0) is 55.5 Å². The van der Waals surface area contributed by atoms with Crippen molar-refractivity contribution in [3.63, 3.8) is 0 Å². The summed E-state index contributed by atoms with van der Waals surface area (Å²) in [7, 11) is 0. The smallest absolute Gasteiger partial charge is 0.170 e. The molecule has 0 amide bonds. The number of aromatic amines is 1. The lowest BCUT2D eigenvalue weighted by atomic mass is 10.3. The van der Waals surface area contributed by atoms with Gasteiger partial charge in [0.2, 0.25) is 0 Å². The number of benzene rings is 2. The molecule has 0 saturated carbocycles. The Morgan fingerprint density at radius 2 is 1.85 bits per heavy atom. The summed E-state index contributed by atoms with van der Waals surface area (Å²) in [5, 5.41) is 7.02. The number of rotatable bonds is 8. The van der Waals surface area contributed by atoms with E-state index in [1.165, 1.54) is 0 Å². The molecule has 0 saturated heterocycles. The van der Waals surface area contributed by atoms with Crippen molar-refractivity contribution in [3.8, 4) is 11.5 Å². The minimum absolute atomic E-state index is 0.614. The highest BCUT2D eigenvalue weighted by molar-refractivity contribution is 7.98. The van der Waals surface area contributed by atoms with Crippen LogP contribution in [0.5, 0.6) is 11.5 Å². The molecular formula is C20H22N4OS2. The number of hydrogen-bond donors (Lipinski definition) is 3. The highest BCUT2D eigenvalue weighted by Gasteiger charge is 2.02. The highest BCUT2D eigenvalue weighted by atomic mass is 32.2. The van der Waals surface area contributed by atoms with Crippen LogP contribution in [0.15, 0.2) is 60.9 Å². The zero-order valence-electron chi connectivity index (χ0n) is 15.1. The third-order valence-corrected chi connectivity index (χ3v) is 5.01. The fourth-order valence-corrected chi connectivity index (χ4v) is 3.44. The van der Waals surface area contributed by atoms with Crippen molar-refractivity contribution in [3.05, 3.63) is 72.3 Å². The number of aromatic nitrogens is 2. The lowest BCUT2D eigenvalue weighted by Crippen LogP contribution is -2.30. The van der Waals surface area contributed by atoms with Crippen LogP contribution in [0.4, 0.5) is 5.69 Å². The summed E-state index contributed by atoms with van der Waals surface area (Å²) >= 11 is 7.17. The fourth-order valence-electron chi connectivity index (χ4n) is 2.34. The molecule has 3 aromatic rings. The van der Waals surface area contributed by atoms with E-state index in [-0.39, 0.29) is 0 Å². The molecule has 0 radical (unpaired) electrons. The van der Waals surface area contributed by atoms with E-state index in [1.54, 1.807) is 6.33 Å². The van der Waals surface area contributed by atoms with E-state index in [9.17, 15) is 0 Å². The average molecular weight is 399 g/mol. The molecule has 1 aromatic heterocycles. The molecule has 3 rings (SSSR count). The largest absolute Gasteiger partial charge is 0.457 e. The van der Waals surface area contributed by atoms with Gasteiger partial charge in [0, 0.05) is 29.4 Å². The Hall–Kier alpha value is -2.51. The summed E-state index contributed by atoms with van der Waals surface area (Å²) in [6, 6.07) is 17.4. The van der Waals surface area contributed by atoms with Crippen molar-refractivity contribution < 1.29 is 4.74 Å². The van der Waals surface area contributed by atoms with E-state index in [4.69, 9.17) is 17.0 Å². The lowest BCUT2D eigenvalue weighted by molar-refractivity contribution is 0.483. The molecule has 27 heavy (non-hydrogen) atoms. The van der Waals surface area contributed by atoms with Crippen molar-refractivity contribution in [2.75, 3.05) is 17.6 Å². The number of thioether (sulfide) groups is 1. The van der Waals surface area contributed by atoms with Gasteiger partial charge in [-0.2, -0.15) is 11.8 Å². The van der Waals surface area contributed by atoms with E-state index in [0.717, 1.165) is 46.6 Å². The van der Waals surface area contributed by atoms with Gasteiger partial charge in [-0.1, -0.05) is 18.2 Å². The zero-order valence-corrected chi connectivity index (χ0v) is 16.7. The van der Waals surface area contributed by atoms with Crippen LogP contribution in [0.25, 0.3) is 0 Å². The number of nitrogens with zero attached hydrogens (tertiary/aromatic N) is 1. The second kappa shape index (κ2) is 9.99. The van der Waals surface area contributed by atoms with Crippen LogP contribution in [0.3, 0.4) is 0 Å². The van der Waals surface area contributed by atoms with E-state index < -0.39 is 0 Å². The Bertz CT molecular complexity index is 850. The van der Waals surface area contributed by atoms with Crippen molar-refractivity contribution in [2.45, 2.75) is 12.7 Å². The Kier molecular flexibility index (Phi) is 7.12. The Labute approximate surface area is 168 Å². The highest BCUT2D eigenvalue weighted by Crippen LogP contribution is 2.22. The molecule has 0 spiro atoms. The maximum Gasteiger partial charge on any atom is 0.170 e. The molecule has 2 aromatic carbocycles. The third-order valence-electron chi connectivity index (χ3n) is 3.80. The van der Waals surface area contributed by atoms with Crippen molar-refractivity contribution in [1.82, 2.24) is 15.3 Å². The first kappa shape index (κ1) is 19.3. The molecule has 3 N–H and O–H groups in total. The fraction of sp³-hybridized carbons (Fsp3) is 0.200. The monoisotopic (exact) mass is 398 g/mol. The summed E-state index contributed by atoms with van der Waals surface area (Å²) in [5.41, 5.74) is 3.17. The number of thiocarbonyl (C=S) groups is 1. The number of hydrogen-bond acceptors (Lipinski definition) is 4. The first-order valence-electron chi connectivity index (χ1n) is 8.65. The summed E-state index contributed by atoms with van der Waals surface area (Å²) in [6.45, 7) is 2.84. The average Bonchev–Trinajstić information content (AvgIpc) is 3.09. The third kappa shape index (κ3) is 6.30. The number of nitrogens with one attached hydrogen (secondary N) is 3. The molecule has 5 nitrogen and oxygen atoms in total. The molecule has 0 aliphatic carbocycles. The maximum absolute atomic E-state index is 5.78. The van der Waals surface area contributed by atoms with Crippen molar-refractivity contribution in [1.29, 1.82) is 0 Å². The van der Waals surface area contributed by atoms with Gasteiger partial charge >= 0.3 is 0 Å². The molecule has 0 atom stereocenters. The molecule has 7 heteroatoms. The van der Waals surface area contributed by atoms with Crippen LogP contribution in [0.2, 0.25) is 0 Å².